The van der Waals surface area contributed by atoms with Gasteiger partial charge in [0, 0.05) is 21.7 Å². The fourth-order valence-electron chi connectivity index (χ4n) is 3.60. The monoisotopic (exact) mass is 492 g/mol. The van der Waals surface area contributed by atoms with Crippen LogP contribution in [0, 0.1) is 5.82 Å². The molecule has 3 aromatic carbocycles. The Morgan fingerprint density at radius 3 is 2.48 bits per heavy atom. The van der Waals surface area contributed by atoms with Gasteiger partial charge in [-0.3, -0.25) is 0 Å². The first kappa shape index (κ1) is 20.2. The molecule has 154 valence electrons. The summed E-state index contributed by atoms with van der Waals surface area (Å²) in [5.41, 5.74) is 4.31. The fourth-order valence-corrected chi connectivity index (χ4v) is 4.71. The van der Waals surface area contributed by atoms with E-state index in [1.807, 2.05) is 73.7 Å². The third-order valence-electron chi connectivity index (χ3n) is 5.34. The predicted molar refractivity (Wildman–Crippen MR) is 126 cm³/mol. The molecular formula is C24H18BrFN4S. The highest BCUT2D eigenvalue weighted by Crippen LogP contribution is 2.32. The van der Waals surface area contributed by atoms with Crippen molar-refractivity contribution >= 4 is 33.4 Å². The van der Waals surface area contributed by atoms with Crippen molar-refractivity contribution in [2.24, 2.45) is 5.10 Å². The quantitative estimate of drug-likeness (QED) is 0.333. The Labute approximate surface area is 192 Å². The molecule has 1 atom stereocenters. The molecule has 1 aromatic heterocycles. The summed E-state index contributed by atoms with van der Waals surface area (Å²) >= 11 is 5.08. The first-order valence-electron chi connectivity index (χ1n) is 9.87. The van der Waals surface area contributed by atoms with Crippen molar-refractivity contribution in [1.29, 1.82) is 0 Å². The molecule has 0 N–H and O–H groups in total. The second-order valence-electron chi connectivity index (χ2n) is 7.32. The van der Waals surface area contributed by atoms with Crippen molar-refractivity contribution < 1.29 is 4.39 Å². The van der Waals surface area contributed by atoms with Crippen LogP contribution >= 0.6 is 27.7 Å². The van der Waals surface area contributed by atoms with Gasteiger partial charge in [0.25, 0.3) is 0 Å². The summed E-state index contributed by atoms with van der Waals surface area (Å²) in [6, 6.07) is 23.0. The Morgan fingerprint density at radius 2 is 1.74 bits per heavy atom. The van der Waals surface area contributed by atoms with Gasteiger partial charge in [0.05, 0.1) is 5.71 Å². The van der Waals surface area contributed by atoms with Crippen molar-refractivity contribution in [2.45, 2.75) is 18.0 Å². The molecule has 0 spiro atoms. The zero-order valence-electron chi connectivity index (χ0n) is 16.7. The standard InChI is InChI=1S/C24H18BrFN4S/c1-15(18-9-12-20(21(26)13-18)16-5-3-2-4-6-16)23-27-28-24-30(23)29-22(14-31-24)17-7-10-19(25)11-8-17/h2-13,15H,14H2,1H3. The maximum absolute atomic E-state index is 14.9. The second kappa shape index (κ2) is 8.40. The molecule has 1 aliphatic heterocycles. The minimum atomic E-state index is -0.248. The van der Waals surface area contributed by atoms with E-state index >= 15 is 0 Å². The maximum atomic E-state index is 14.9. The van der Waals surface area contributed by atoms with Crippen LogP contribution in [-0.2, 0) is 0 Å². The van der Waals surface area contributed by atoms with Crippen molar-refractivity contribution in [3.05, 3.63) is 100 Å². The maximum Gasteiger partial charge on any atom is 0.212 e. The molecule has 2 heterocycles. The number of thioether (sulfide) groups is 1. The number of aromatic nitrogens is 3. The van der Waals surface area contributed by atoms with Gasteiger partial charge in [0.15, 0.2) is 5.82 Å². The molecule has 1 unspecified atom stereocenters. The van der Waals surface area contributed by atoms with Crippen LogP contribution in [0.25, 0.3) is 11.1 Å². The molecule has 1 aliphatic rings. The highest BCUT2D eigenvalue weighted by molar-refractivity contribution is 9.10. The lowest BCUT2D eigenvalue weighted by molar-refractivity contribution is 0.623. The van der Waals surface area contributed by atoms with Crippen LogP contribution in [0.15, 0.2) is 87.5 Å². The SMILES string of the molecule is CC(c1ccc(-c2ccccc2)c(F)c1)c1nnc2n1N=C(c1ccc(Br)cc1)CS2. The van der Waals surface area contributed by atoms with Crippen LogP contribution in [-0.4, -0.2) is 26.3 Å². The molecule has 0 saturated carbocycles. The Kier molecular flexibility index (Phi) is 5.46. The average molecular weight is 493 g/mol. The number of hydrogen-bond donors (Lipinski definition) is 0. The first-order valence-corrected chi connectivity index (χ1v) is 11.6. The average Bonchev–Trinajstić information content (AvgIpc) is 3.23. The zero-order valence-corrected chi connectivity index (χ0v) is 19.1. The third kappa shape index (κ3) is 3.95. The highest BCUT2D eigenvalue weighted by atomic mass is 79.9. The predicted octanol–water partition coefficient (Wildman–Crippen LogP) is 6.36. The number of nitrogens with zero attached hydrogens (tertiary/aromatic N) is 4. The Bertz CT molecular complexity index is 1270. The Hall–Kier alpha value is -2.77. The lowest BCUT2D eigenvalue weighted by Crippen LogP contribution is -2.15. The van der Waals surface area contributed by atoms with E-state index in [4.69, 9.17) is 5.10 Å². The Balaban J connectivity index is 1.48. The molecular weight excluding hydrogens is 475 g/mol. The Morgan fingerprint density at radius 1 is 0.968 bits per heavy atom. The molecule has 0 aliphatic carbocycles. The van der Waals surface area contributed by atoms with Crippen LogP contribution in [0.1, 0.15) is 29.8 Å². The minimum Gasteiger partial charge on any atom is -0.206 e. The molecule has 4 nitrogen and oxygen atoms in total. The number of rotatable bonds is 4. The van der Waals surface area contributed by atoms with Gasteiger partial charge in [-0.15, -0.1) is 10.2 Å². The molecule has 0 fully saturated rings. The van der Waals surface area contributed by atoms with Gasteiger partial charge in [-0.05, 0) is 34.9 Å². The molecule has 0 amide bonds. The summed E-state index contributed by atoms with van der Waals surface area (Å²) < 4.78 is 17.7. The molecule has 7 heteroatoms. The van der Waals surface area contributed by atoms with Crippen LogP contribution in [0.4, 0.5) is 4.39 Å². The summed E-state index contributed by atoms with van der Waals surface area (Å²) in [6.07, 6.45) is 0. The van der Waals surface area contributed by atoms with Crippen LogP contribution in [0.2, 0.25) is 0 Å². The zero-order chi connectivity index (χ0) is 21.4. The van der Waals surface area contributed by atoms with Crippen LogP contribution in [0.5, 0.6) is 0 Å². The summed E-state index contributed by atoms with van der Waals surface area (Å²) in [7, 11) is 0. The summed E-state index contributed by atoms with van der Waals surface area (Å²) in [6.45, 7) is 2.00. The van der Waals surface area contributed by atoms with E-state index in [0.29, 0.717) is 11.4 Å². The molecule has 0 radical (unpaired) electrons. The summed E-state index contributed by atoms with van der Waals surface area (Å²) in [5, 5.41) is 14.3. The molecule has 0 bridgehead atoms. The van der Waals surface area contributed by atoms with E-state index < -0.39 is 0 Å². The highest BCUT2D eigenvalue weighted by Gasteiger charge is 2.24. The topological polar surface area (TPSA) is 43.1 Å². The number of halogens is 2. The van der Waals surface area contributed by atoms with Crippen molar-refractivity contribution in [2.75, 3.05) is 5.75 Å². The van der Waals surface area contributed by atoms with Gasteiger partial charge in [0.2, 0.25) is 5.16 Å². The van der Waals surface area contributed by atoms with E-state index in [-0.39, 0.29) is 11.7 Å². The normalized spacial score (nSPS) is 14.1. The molecule has 31 heavy (non-hydrogen) atoms. The molecule has 0 saturated heterocycles. The lowest BCUT2D eigenvalue weighted by atomic mass is 9.96. The van der Waals surface area contributed by atoms with E-state index in [9.17, 15) is 4.39 Å². The third-order valence-corrected chi connectivity index (χ3v) is 6.80. The van der Waals surface area contributed by atoms with E-state index in [2.05, 4.69) is 26.1 Å². The number of fused-ring (bicyclic) bond motifs is 1. The van der Waals surface area contributed by atoms with Crippen molar-refractivity contribution in [3.8, 4) is 11.1 Å². The van der Waals surface area contributed by atoms with Crippen LogP contribution < -0.4 is 0 Å². The van der Waals surface area contributed by atoms with E-state index in [1.165, 1.54) is 0 Å². The van der Waals surface area contributed by atoms with Gasteiger partial charge < -0.3 is 0 Å². The second-order valence-corrected chi connectivity index (χ2v) is 9.18. The van der Waals surface area contributed by atoms with Crippen molar-refractivity contribution in [3.63, 3.8) is 0 Å². The smallest absolute Gasteiger partial charge is 0.206 e. The number of benzene rings is 3. The van der Waals surface area contributed by atoms with Crippen LogP contribution in [0.3, 0.4) is 0 Å². The van der Waals surface area contributed by atoms with Gasteiger partial charge >= 0.3 is 0 Å². The molecule has 5 rings (SSSR count). The molecule has 4 aromatic rings. The largest absolute Gasteiger partial charge is 0.212 e. The van der Waals surface area contributed by atoms with Crippen molar-refractivity contribution in [1.82, 2.24) is 14.9 Å². The van der Waals surface area contributed by atoms with Gasteiger partial charge in [-0.1, -0.05) is 89.2 Å². The summed E-state index contributed by atoms with van der Waals surface area (Å²) in [5.74, 6) is 1.02. The van der Waals surface area contributed by atoms with Gasteiger partial charge in [-0.25, -0.2) is 4.39 Å². The number of hydrogen-bond acceptors (Lipinski definition) is 4. The van der Waals surface area contributed by atoms with Gasteiger partial charge in [0.1, 0.15) is 5.82 Å². The minimum absolute atomic E-state index is 0.158. The summed E-state index contributed by atoms with van der Waals surface area (Å²) in [4.78, 5) is 0. The van der Waals surface area contributed by atoms with E-state index in [1.54, 1.807) is 22.5 Å². The first-order chi connectivity index (χ1) is 15.1. The lowest BCUT2D eigenvalue weighted by Gasteiger charge is -2.17. The fraction of sp³-hybridized carbons (Fsp3) is 0.125. The van der Waals surface area contributed by atoms with Gasteiger partial charge in [-0.2, -0.15) is 9.78 Å². The van der Waals surface area contributed by atoms with E-state index in [0.717, 1.165) is 37.8 Å².